The molecule has 0 bridgehead atoms. The van der Waals surface area contributed by atoms with Crippen LogP contribution in [0.2, 0.25) is 0 Å². The molecular weight excluding hydrogens is 342 g/mol. The van der Waals surface area contributed by atoms with Crippen LogP contribution in [0.3, 0.4) is 0 Å². The van der Waals surface area contributed by atoms with Crippen LogP contribution in [0, 0.1) is 56.7 Å². The van der Waals surface area contributed by atoms with Crippen molar-refractivity contribution in [2.45, 2.75) is 5.92 Å². The molecule has 4 rings (SSSR count). The number of hydrogen-bond acceptors (Lipinski definition) is 6. The molecular formula is C20H18N5O2+. The van der Waals surface area contributed by atoms with Gasteiger partial charge in [0, 0.05) is 11.8 Å². The maximum absolute atomic E-state index is 10.0. The summed E-state index contributed by atoms with van der Waals surface area (Å²) in [6, 6.07) is 11.8. The van der Waals surface area contributed by atoms with Gasteiger partial charge in [0.1, 0.15) is 5.92 Å². The van der Waals surface area contributed by atoms with E-state index in [2.05, 4.69) is 18.2 Å². The molecule has 7 heteroatoms. The second-order valence-electron chi connectivity index (χ2n) is 7.27. The average Bonchev–Trinajstić information content (AvgIpc) is 3.15. The summed E-state index contributed by atoms with van der Waals surface area (Å²) in [5.74, 6) is -0.333. The summed E-state index contributed by atoms with van der Waals surface area (Å²) in [5.41, 5.74) is -0.195. The Morgan fingerprint density at radius 3 is 2.63 bits per heavy atom. The van der Waals surface area contributed by atoms with Crippen LogP contribution in [0.5, 0.6) is 11.5 Å². The van der Waals surface area contributed by atoms with Gasteiger partial charge in [-0.15, -0.1) is 0 Å². The molecule has 2 aliphatic heterocycles. The molecule has 2 N–H and O–H groups in total. The van der Waals surface area contributed by atoms with E-state index in [9.17, 15) is 15.8 Å². The standard InChI is InChI=1S/C20H17N5O2/c1-25-5-4-13-14(7-21)19(24)20(9-22,10-23)18(15(13)8-25)12-2-3-16-17(6-12)27-11-26-16/h2-4,6,14-15,18,24H,5,8,11H2,1H3/p+1/t14?,15-,18+/m0/s1. The van der Waals surface area contributed by atoms with Crippen LogP contribution < -0.4 is 14.4 Å². The molecule has 1 aromatic rings. The van der Waals surface area contributed by atoms with E-state index in [1.54, 1.807) is 12.1 Å². The van der Waals surface area contributed by atoms with E-state index >= 15 is 0 Å². The van der Waals surface area contributed by atoms with Crippen LogP contribution in [0.4, 0.5) is 0 Å². The number of nitrogens with zero attached hydrogens (tertiary/aromatic N) is 3. The van der Waals surface area contributed by atoms with Gasteiger partial charge in [0.15, 0.2) is 16.9 Å². The van der Waals surface area contributed by atoms with E-state index < -0.39 is 17.3 Å². The highest BCUT2D eigenvalue weighted by atomic mass is 16.7. The maximum atomic E-state index is 10.0. The van der Waals surface area contributed by atoms with Crippen molar-refractivity contribution < 1.29 is 14.4 Å². The quantitative estimate of drug-likeness (QED) is 0.718. The number of hydrogen-bond donors (Lipinski definition) is 2. The smallest absolute Gasteiger partial charge is 0.231 e. The maximum Gasteiger partial charge on any atom is 0.231 e. The van der Waals surface area contributed by atoms with Crippen molar-refractivity contribution in [1.82, 2.24) is 0 Å². The van der Waals surface area contributed by atoms with Crippen molar-refractivity contribution in [3.8, 4) is 29.7 Å². The first-order valence-corrected chi connectivity index (χ1v) is 8.77. The third-order valence-corrected chi connectivity index (χ3v) is 5.84. The highest BCUT2D eigenvalue weighted by Gasteiger charge is 2.58. The first-order valence-electron chi connectivity index (χ1n) is 8.77. The van der Waals surface area contributed by atoms with Crippen LogP contribution in [-0.4, -0.2) is 32.6 Å². The zero-order valence-electron chi connectivity index (χ0n) is 14.8. The van der Waals surface area contributed by atoms with Gasteiger partial charge in [-0.25, -0.2) is 0 Å². The second-order valence-corrected chi connectivity index (χ2v) is 7.27. The zero-order chi connectivity index (χ0) is 19.2. The largest absolute Gasteiger partial charge is 0.454 e. The summed E-state index contributed by atoms with van der Waals surface area (Å²) in [5, 5.41) is 38.3. The van der Waals surface area contributed by atoms with Gasteiger partial charge in [0.25, 0.3) is 0 Å². The van der Waals surface area contributed by atoms with Gasteiger partial charge in [0.05, 0.1) is 44.1 Å². The van der Waals surface area contributed by atoms with Gasteiger partial charge in [-0.3, -0.25) is 0 Å². The van der Waals surface area contributed by atoms with E-state index in [4.69, 9.17) is 14.9 Å². The molecule has 27 heavy (non-hydrogen) atoms. The minimum atomic E-state index is -1.69. The topological polar surface area (TPSA) is 118 Å². The number of fused-ring (bicyclic) bond motifs is 2. The van der Waals surface area contributed by atoms with Crippen molar-refractivity contribution >= 4 is 5.71 Å². The van der Waals surface area contributed by atoms with Crippen LogP contribution in [0.1, 0.15) is 11.5 Å². The lowest BCUT2D eigenvalue weighted by Crippen LogP contribution is -3.10. The van der Waals surface area contributed by atoms with Crippen molar-refractivity contribution in [3.05, 3.63) is 35.4 Å². The molecule has 2 unspecified atom stereocenters. The number of nitrogens with one attached hydrogen (secondary N) is 2. The van der Waals surface area contributed by atoms with Crippen molar-refractivity contribution in [2.75, 3.05) is 26.9 Å². The molecule has 0 aromatic heterocycles. The van der Waals surface area contributed by atoms with Gasteiger partial charge in [-0.05, 0) is 29.3 Å². The Bertz CT molecular complexity index is 964. The molecule has 1 aliphatic carbocycles. The number of ether oxygens (including phenoxy) is 2. The second kappa shape index (κ2) is 6.13. The molecule has 134 valence electrons. The number of quaternary nitrogens is 1. The first kappa shape index (κ1) is 17.1. The third kappa shape index (κ3) is 2.31. The normalized spacial score (nSPS) is 30.3. The average molecular weight is 360 g/mol. The molecule has 0 spiro atoms. The Morgan fingerprint density at radius 2 is 1.93 bits per heavy atom. The Balaban J connectivity index is 1.93. The van der Waals surface area contributed by atoms with Gasteiger partial charge >= 0.3 is 0 Å². The minimum Gasteiger partial charge on any atom is -0.454 e. The lowest BCUT2D eigenvalue weighted by molar-refractivity contribution is -0.878. The Labute approximate surface area is 157 Å². The minimum absolute atomic E-state index is 0.125. The lowest BCUT2D eigenvalue weighted by atomic mass is 9.54. The van der Waals surface area contributed by atoms with Crippen LogP contribution in [0.15, 0.2) is 29.8 Å². The molecule has 7 nitrogen and oxygen atoms in total. The molecule has 0 radical (unpaired) electrons. The van der Waals surface area contributed by atoms with E-state index in [-0.39, 0.29) is 18.4 Å². The predicted molar refractivity (Wildman–Crippen MR) is 94.0 cm³/mol. The van der Waals surface area contributed by atoms with Crippen molar-refractivity contribution in [1.29, 1.82) is 21.2 Å². The zero-order valence-corrected chi connectivity index (χ0v) is 14.8. The molecule has 3 aliphatic rings. The van der Waals surface area contributed by atoms with Gasteiger partial charge in [0.2, 0.25) is 6.79 Å². The molecule has 1 saturated carbocycles. The van der Waals surface area contributed by atoms with Crippen LogP contribution in [0.25, 0.3) is 0 Å². The summed E-state index contributed by atoms with van der Waals surface area (Å²) in [6.45, 7) is 1.59. The summed E-state index contributed by atoms with van der Waals surface area (Å²) < 4.78 is 10.8. The highest BCUT2D eigenvalue weighted by molar-refractivity contribution is 6.00. The molecule has 4 atom stereocenters. The molecule has 1 aromatic carbocycles. The number of likely N-dealkylation sites (N-methyl/N-ethyl adjacent to an activating group) is 1. The van der Waals surface area contributed by atoms with Crippen molar-refractivity contribution in [3.63, 3.8) is 0 Å². The summed E-state index contributed by atoms with van der Waals surface area (Å²) in [6.07, 6.45) is 2.00. The Kier molecular flexibility index (Phi) is 3.88. The molecule has 2 heterocycles. The first-order chi connectivity index (χ1) is 13.1. The molecule has 0 amide bonds. The Hall–Kier alpha value is -3.34. The lowest BCUT2D eigenvalue weighted by Gasteiger charge is -2.45. The fourth-order valence-electron chi connectivity index (χ4n) is 4.54. The number of nitriles is 3. The van der Waals surface area contributed by atoms with E-state index in [0.717, 1.165) is 17.7 Å². The number of benzene rings is 1. The van der Waals surface area contributed by atoms with Crippen molar-refractivity contribution in [2.24, 2.45) is 17.3 Å². The van der Waals surface area contributed by atoms with Crippen LogP contribution >= 0.6 is 0 Å². The SMILES string of the molecule is C[NH+]1CC=C2C(C#N)C(=N)C(C#N)(C#N)[C@H](c3ccc4c(c3)OCO4)[C@H]2C1. The highest BCUT2D eigenvalue weighted by Crippen LogP contribution is 2.53. The van der Waals surface area contributed by atoms with Gasteiger partial charge in [-0.2, -0.15) is 15.8 Å². The van der Waals surface area contributed by atoms with E-state index in [1.807, 2.05) is 19.2 Å². The Morgan fingerprint density at radius 1 is 1.19 bits per heavy atom. The fraction of sp³-hybridized carbons (Fsp3) is 0.400. The predicted octanol–water partition coefficient (Wildman–Crippen LogP) is 0.777. The molecule has 1 fully saturated rings. The molecule has 0 saturated heterocycles. The van der Waals surface area contributed by atoms with Gasteiger partial charge < -0.3 is 19.8 Å². The fourth-order valence-corrected chi connectivity index (χ4v) is 4.54. The third-order valence-electron chi connectivity index (χ3n) is 5.84. The van der Waals surface area contributed by atoms with Gasteiger partial charge in [-0.1, -0.05) is 6.07 Å². The summed E-state index contributed by atoms with van der Waals surface area (Å²) >= 11 is 0. The van der Waals surface area contributed by atoms with E-state index in [1.165, 1.54) is 4.90 Å². The van der Waals surface area contributed by atoms with E-state index in [0.29, 0.717) is 18.0 Å². The van der Waals surface area contributed by atoms with Crippen LogP contribution in [-0.2, 0) is 0 Å². The number of rotatable bonds is 1. The summed E-state index contributed by atoms with van der Waals surface area (Å²) in [4.78, 5) is 1.24. The summed E-state index contributed by atoms with van der Waals surface area (Å²) in [7, 11) is 2.05. The monoisotopic (exact) mass is 360 g/mol.